The summed E-state index contributed by atoms with van der Waals surface area (Å²) in [7, 11) is 0. The van der Waals surface area contributed by atoms with E-state index in [2.05, 4.69) is 11.1 Å². The van der Waals surface area contributed by atoms with E-state index < -0.39 is 0 Å². The van der Waals surface area contributed by atoms with Gasteiger partial charge in [-0.3, -0.25) is 9.78 Å². The van der Waals surface area contributed by atoms with Gasteiger partial charge in [-0.2, -0.15) is 0 Å². The van der Waals surface area contributed by atoms with Crippen molar-refractivity contribution in [3.8, 4) is 0 Å². The summed E-state index contributed by atoms with van der Waals surface area (Å²) in [5, 5.41) is 0. The number of carbonyl (C=O) groups is 1. The minimum Gasteiger partial charge on any atom is -0.293 e. The second-order valence-electron chi connectivity index (χ2n) is 4.75. The molecule has 0 aliphatic heterocycles. The molecular formula is C16H15NO. The third kappa shape index (κ3) is 1.94. The molecule has 2 heteroatoms. The highest BCUT2D eigenvalue weighted by Crippen LogP contribution is 2.31. The summed E-state index contributed by atoms with van der Waals surface area (Å²) < 4.78 is 0. The van der Waals surface area contributed by atoms with E-state index >= 15 is 0 Å². The molecule has 3 rings (SSSR count). The zero-order valence-corrected chi connectivity index (χ0v) is 10.2. The average Bonchev–Trinajstić information content (AvgIpc) is 2.60. The lowest BCUT2D eigenvalue weighted by Gasteiger charge is -2.13. The van der Waals surface area contributed by atoms with Gasteiger partial charge >= 0.3 is 0 Å². The van der Waals surface area contributed by atoms with Crippen LogP contribution in [-0.2, 0) is 6.42 Å². The van der Waals surface area contributed by atoms with Gasteiger partial charge in [0.05, 0.1) is 0 Å². The molecule has 1 aromatic carbocycles. The molecule has 1 aliphatic carbocycles. The van der Waals surface area contributed by atoms with E-state index in [1.54, 1.807) is 6.20 Å². The molecule has 0 fully saturated rings. The number of hydrogen-bond acceptors (Lipinski definition) is 2. The number of rotatable bonds is 1. The first-order chi connectivity index (χ1) is 8.86. The Morgan fingerprint density at radius 2 is 2.00 bits per heavy atom. The third-order valence-electron chi connectivity index (χ3n) is 3.63. The predicted octanol–water partition coefficient (Wildman–Crippen LogP) is 3.38. The number of fused-ring (bicyclic) bond motifs is 1. The number of carbonyl (C=O) groups excluding carboxylic acids is 1. The van der Waals surface area contributed by atoms with Crippen LogP contribution >= 0.6 is 0 Å². The van der Waals surface area contributed by atoms with Crippen LogP contribution < -0.4 is 0 Å². The van der Waals surface area contributed by atoms with Crippen LogP contribution in [0, 0.1) is 0 Å². The van der Waals surface area contributed by atoms with Gasteiger partial charge in [0.1, 0.15) is 0 Å². The predicted molar refractivity (Wildman–Crippen MR) is 70.7 cm³/mol. The van der Waals surface area contributed by atoms with E-state index in [1.165, 1.54) is 5.56 Å². The van der Waals surface area contributed by atoms with Crippen LogP contribution in [0.5, 0.6) is 0 Å². The SMILES string of the molecule is O=C1c2ccccc2CCCC1c1cccnc1. The molecule has 0 bridgehead atoms. The number of nitrogens with zero attached hydrogens (tertiary/aromatic N) is 1. The molecule has 90 valence electrons. The highest BCUT2D eigenvalue weighted by molar-refractivity contribution is 6.02. The van der Waals surface area contributed by atoms with Gasteiger partial charge in [0, 0.05) is 23.9 Å². The van der Waals surface area contributed by atoms with E-state index in [4.69, 9.17) is 0 Å². The van der Waals surface area contributed by atoms with Gasteiger partial charge < -0.3 is 0 Å². The Morgan fingerprint density at radius 1 is 1.11 bits per heavy atom. The minimum absolute atomic E-state index is 0.0256. The van der Waals surface area contributed by atoms with Crippen molar-refractivity contribution in [1.82, 2.24) is 4.98 Å². The maximum absolute atomic E-state index is 12.6. The van der Waals surface area contributed by atoms with Crippen LogP contribution in [0.25, 0.3) is 0 Å². The molecule has 0 amide bonds. The van der Waals surface area contributed by atoms with E-state index in [9.17, 15) is 4.79 Å². The quantitative estimate of drug-likeness (QED) is 0.712. The van der Waals surface area contributed by atoms with Crippen LogP contribution in [0.1, 0.15) is 40.2 Å². The summed E-state index contributed by atoms with van der Waals surface area (Å²) in [6, 6.07) is 11.9. The zero-order chi connectivity index (χ0) is 12.4. The van der Waals surface area contributed by atoms with Crippen LogP contribution in [-0.4, -0.2) is 10.8 Å². The van der Waals surface area contributed by atoms with Crippen LogP contribution in [0.15, 0.2) is 48.8 Å². The smallest absolute Gasteiger partial charge is 0.170 e. The van der Waals surface area contributed by atoms with Crippen LogP contribution in [0.2, 0.25) is 0 Å². The monoisotopic (exact) mass is 237 g/mol. The first-order valence-electron chi connectivity index (χ1n) is 6.38. The molecule has 0 radical (unpaired) electrons. The maximum atomic E-state index is 12.6. The molecule has 18 heavy (non-hydrogen) atoms. The van der Waals surface area contributed by atoms with Crippen molar-refractivity contribution in [3.63, 3.8) is 0 Å². The Morgan fingerprint density at radius 3 is 2.83 bits per heavy atom. The summed E-state index contributed by atoms with van der Waals surface area (Å²) in [4.78, 5) is 16.7. The summed E-state index contributed by atoms with van der Waals surface area (Å²) >= 11 is 0. The topological polar surface area (TPSA) is 30.0 Å². The molecule has 1 unspecified atom stereocenters. The Kier molecular flexibility index (Phi) is 2.93. The molecule has 2 aromatic rings. The highest BCUT2D eigenvalue weighted by Gasteiger charge is 2.26. The van der Waals surface area contributed by atoms with Gasteiger partial charge in [0.2, 0.25) is 0 Å². The van der Waals surface area contributed by atoms with Crippen molar-refractivity contribution in [2.24, 2.45) is 0 Å². The van der Waals surface area contributed by atoms with Gasteiger partial charge in [-0.15, -0.1) is 0 Å². The average molecular weight is 237 g/mol. The fourth-order valence-electron chi connectivity index (χ4n) is 2.69. The molecule has 1 aromatic heterocycles. The molecule has 0 saturated heterocycles. The number of aryl methyl sites for hydroxylation is 1. The number of aromatic nitrogens is 1. The molecule has 1 atom stereocenters. The molecule has 1 aliphatic rings. The van der Waals surface area contributed by atoms with Gasteiger partial charge in [0.15, 0.2) is 5.78 Å². The molecular weight excluding hydrogens is 222 g/mol. The van der Waals surface area contributed by atoms with Gasteiger partial charge in [-0.05, 0) is 36.5 Å². The first-order valence-corrected chi connectivity index (χ1v) is 6.38. The van der Waals surface area contributed by atoms with E-state index in [0.717, 1.165) is 30.4 Å². The Hall–Kier alpha value is -1.96. The molecule has 1 heterocycles. The molecule has 0 spiro atoms. The standard InChI is InChI=1S/C16H15NO/c18-16-14-8-2-1-5-12(14)6-3-9-15(16)13-7-4-10-17-11-13/h1-2,4-5,7-8,10-11,15H,3,6,9H2. The highest BCUT2D eigenvalue weighted by atomic mass is 16.1. The van der Waals surface area contributed by atoms with Crippen molar-refractivity contribution in [2.45, 2.75) is 25.2 Å². The minimum atomic E-state index is -0.0256. The summed E-state index contributed by atoms with van der Waals surface area (Å²) in [5.41, 5.74) is 3.12. The Labute approximate surface area is 107 Å². The molecule has 0 N–H and O–H groups in total. The third-order valence-corrected chi connectivity index (χ3v) is 3.63. The van der Waals surface area contributed by atoms with Crippen molar-refractivity contribution < 1.29 is 4.79 Å². The lowest BCUT2D eigenvalue weighted by atomic mass is 9.90. The summed E-state index contributed by atoms with van der Waals surface area (Å²) in [6.45, 7) is 0. The fraction of sp³-hybridized carbons (Fsp3) is 0.250. The largest absolute Gasteiger partial charge is 0.293 e. The van der Waals surface area contributed by atoms with Crippen molar-refractivity contribution in [2.75, 3.05) is 0 Å². The number of benzene rings is 1. The van der Waals surface area contributed by atoms with Gasteiger partial charge in [0.25, 0.3) is 0 Å². The van der Waals surface area contributed by atoms with E-state index in [1.807, 2.05) is 36.5 Å². The van der Waals surface area contributed by atoms with E-state index in [-0.39, 0.29) is 11.7 Å². The number of hydrogen-bond donors (Lipinski definition) is 0. The summed E-state index contributed by atoms with van der Waals surface area (Å²) in [6.07, 6.45) is 6.54. The molecule has 2 nitrogen and oxygen atoms in total. The van der Waals surface area contributed by atoms with Gasteiger partial charge in [-0.25, -0.2) is 0 Å². The second kappa shape index (κ2) is 4.73. The number of pyridine rings is 1. The number of Topliss-reactive ketones (excluding diaryl/α,β-unsaturated/α-hetero) is 1. The second-order valence-corrected chi connectivity index (χ2v) is 4.75. The zero-order valence-electron chi connectivity index (χ0n) is 10.2. The van der Waals surface area contributed by atoms with Crippen molar-refractivity contribution >= 4 is 5.78 Å². The normalized spacial score (nSPS) is 19.1. The maximum Gasteiger partial charge on any atom is 0.170 e. The fourth-order valence-corrected chi connectivity index (χ4v) is 2.69. The summed E-state index contributed by atoms with van der Waals surface area (Å²) in [5.74, 6) is 0.221. The van der Waals surface area contributed by atoms with Crippen molar-refractivity contribution in [3.05, 3.63) is 65.5 Å². The first kappa shape index (κ1) is 11.1. The lowest BCUT2D eigenvalue weighted by Crippen LogP contribution is -2.12. The van der Waals surface area contributed by atoms with Crippen LogP contribution in [0.4, 0.5) is 0 Å². The lowest BCUT2D eigenvalue weighted by molar-refractivity contribution is 0.0957. The Balaban J connectivity index is 2.02. The van der Waals surface area contributed by atoms with Crippen molar-refractivity contribution in [1.29, 1.82) is 0 Å². The van der Waals surface area contributed by atoms with E-state index in [0.29, 0.717) is 0 Å². The van der Waals surface area contributed by atoms with Gasteiger partial charge in [-0.1, -0.05) is 30.3 Å². The molecule has 0 saturated carbocycles. The number of ketones is 1. The Bertz CT molecular complexity index is 562. The van der Waals surface area contributed by atoms with Crippen LogP contribution in [0.3, 0.4) is 0 Å².